The first-order valence-electron chi connectivity index (χ1n) is 11.8. The van der Waals surface area contributed by atoms with Crippen molar-refractivity contribution in [2.45, 2.75) is 52.6 Å². The molecule has 3 atom stereocenters. The number of rotatable bonds is 9. The highest BCUT2D eigenvalue weighted by atomic mass is 16.5. The number of carbonyl (C=O) groups is 3. The molecule has 0 saturated heterocycles. The third-order valence-corrected chi connectivity index (χ3v) is 6.48. The number of benzene rings is 2. The van der Waals surface area contributed by atoms with Crippen LogP contribution in [0.2, 0.25) is 0 Å². The van der Waals surface area contributed by atoms with Crippen molar-refractivity contribution in [3.05, 3.63) is 59.7 Å². The fourth-order valence-corrected chi connectivity index (χ4v) is 4.79. The average molecular weight is 467 g/mol. The van der Waals surface area contributed by atoms with Crippen LogP contribution in [0.1, 0.15) is 51.7 Å². The van der Waals surface area contributed by atoms with E-state index >= 15 is 0 Å². The Hall–Kier alpha value is -3.35. The fraction of sp³-hybridized carbons (Fsp3) is 0.444. The predicted molar refractivity (Wildman–Crippen MR) is 130 cm³/mol. The van der Waals surface area contributed by atoms with Crippen LogP contribution < -0.4 is 10.6 Å². The number of carboxylic acid groups (broad SMARTS) is 1. The van der Waals surface area contributed by atoms with Crippen molar-refractivity contribution >= 4 is 18.0 Å². The van der Waals surface area contributed by atoms with Crippen molar-refractivity contribution in [3.63, 3.8) is 0 Å². The summed E-state index contributed by atoms with van der Waals surface area (Å²) >= 11 is 0. The lowest BCUT2D eigenvalue weighted by atomic mass is 9.87. The summed E-state index contributed by atoms with van der Waals surface area (Å²) in [6, 6.07) is 14.7. The Morgan fingerprint density at radius 2 is 1.38 bits per heavy atom. The number of amides is 2. The molecule has 0 bridgehead atoms. The first-order chi connectivity index (χ1) is 16.1. The molecule has 182 valence electrons. The van der Waals surface area contributed by atoms with Crippen LogP contribution in [-0.4, -0.2) is 41.8 Å². The topological polar surface area (TPSA) is 105 Å². The molecule has 7 nitrogen and oxygen atoms in total. The summed E-state index contributed by atoms with van der Waals surface area (Å²) in [5.74, 6) is -2.53. The summed E-state index contributed by atoms with van der Waals surface area (Å²) in [4.78, 5) is 37.1. The van der Waals surface area contributed by atoms with Gasteiger partial charge in [0.1, 0.15) is 12.6 Å². The number of hydrogen-bond donors (Lipinski definition) is 3. The first-order valence-corrected chi connectivity index (χ1v) is 11.8. The lowest BCUT2D eigenvalue weighted by Crippen LogP contribution is -2.52. The van der Waals surface area contributed by atoms with Crippen LogP contribution >= 0.6 is 0 Å². The van der Waals surface area contributed by atoms with Gasteiger partial charge in [-0.3, -0.25) is 4.79 Å². The van der Waals surface area contributed by atoms with Crippen LogP contribution in [0.25, 0.3) is 11.1 Å². The molecule has 0 aromatic heterocycles. The van der Waals surface area contributed by atoms with E-state index in [1.165, 1.54) is 0 Å². The van der Waals surface area contributed by atoms with E-state index in [0.717, 1.165) is 22.3 Å². The lowest BCUT2D eigenvalue weighted by Gasteiger charge is -2.29. The van der Waals surface area contributed by atoms with Gasteiger partial charge in [0, 0.05) is 12.0 Å². The van der Waals surface area contributed by atoms with E-state index in [9.17, 15) is 19.5 Å². The van der Waals surface area contributed by atoms with Crippen LogP contribution in [0.15, 0.2) is 48.5 Å². The van der Waals surface area contributed by atoms with Crippen molar-refractivity contribution in [2.75, 3.05) is 6.61 Å². The van der Waals surface area contributed by atoms with E-state index in [1.54, 1.807) is 20.8 Å². The summed E-state index contributed by atoms with van der Waals surface area (Å²) in [6.07, 6.45) is -0.605. The Morgan fingerprint density at radius 3 is 1.85 bits per heavy atom. The van der Waals surface area contributed by atoms with Crippen molar-refractivity contribution in [1.29, 1.82) is 0 Å². The summed E-state index contributed by atoms with van der Waals surface area (Å²) in [5.41, 5.74) is 4.54. The molecule has 3 N–H and O–H groups in total. The average Bonchev–Trinajstić information content (AvgIpc) is 3.09. The molecule has 1 aliphatic carbocycles. The molecule has 0 fully saturated rings. The molecule has 3 rings (SSSR count). The van der Waals surface area contributed by atoms with E-state index in [0.29, 0.717) is 0 Å². The van der Waals surface area contributed by atoms with Crippen LogP contribution in [0.3, 0.4) is 0 Å². The van der Waals surface area contributed by atoms with Crippen LogP contribution in [0.4, 0.5) is 4.79 Å². The number of fused-ring (bicyclic) bond motifs is 3. The Balaban J connectivity index is 1.65. The quantitative estimate of drug-likeness (QED) is 0.508. The van der Waals surface area contributed by atoms with Gasteiger partial charge in [-0.2, -0.15) is 0 Å². The Kier molecular flexibility index (Phi) is 7.97. The molecule has 34 heavy (non-hydrogen) atoms. The van der Waals surface area contributed by atoms with Gasteiger partial charge in [0.2, 0.25) is 5.91 Å². The summed E-state index contributed by atoms with van der Waals surface area (Å²) in [6.45, 7) is 9.12. The molecule has 1 aliphatic rings. The van der Waals surface area contributed by atoms with Gasteiger partial charge in [-0.05, 0) is 41.0 Å². The highest BCUT2D eigenvalue weighted by Crippen LogP contribution is 2.44. The van der Waals surface area contributed by atoms with Gasteiger partial charge < -0.3 is 20.5 Å². The lowest BCUT2D eigenvalue weighted by molar-refractivity contribution is -0.144. The van der Waals surface area contributed by atoms with Gasteiger partial charge in [-0.1, -0.05) is 76.2 Å². The molecule has 0 heterocycles. The van der Waals surface area contributed by atoms with E-state index < -0.39 is 36.0 Å². The molecule has 2 aromatic carbocycles. The maximum Gasteiger partial charge on any atom is 0.407 e. The molecule has 3 unspecified atom stereocenters. The standard InChI is InChI=1S/C27H34N2O5/c1-15(2)23(25(30)29-24(16(3)4)26(31)32)17(5)28-27(33)34-14-22-20-12-8-6-10-18(20)19-11-7-9-13-21(19)22/h6-13,15-17,22-24H,14H2,1-5H3,(H,28,33)(H,29,30)(H,31,32). The van der Waals surface area contributed by atoms with Gasteiger partial charge in [0.15, 0.2) is 0 Å². The van der Waals surface area contributed by atoms with Gasteiger partial charge in [0.25, 0.3) is 0 Å². The van der Waals surface area contributed by atoms with E-state index in [-0.39, 0.29) is 24.4 Å². The molecule has 0 aliphatic heterocycles. The monoisotopic (exact) mass is 466 g/mol. The van der Waals surface area contributed by atoms with Crippen molar-refractivity contribution in [2.24, 2.45) is 17.8 Å². The second-order valence-corrected chi connectivity index (χ2v) is 9.60. The second-order valence-electron chi connectivity index (χ2n) is 9.60. The van der Waals surface area contributed by atoms with Crippen LogP contribution in [0.5, 0.6) is 0 Å². The zero-order chi connectivity index (χ0) is 25.0. The third-order valence-electron chi connectivity index (χ3n) is 6.48. The van der Waals surface area contributed by atoms with Gasteiger partial charge in [-0.15, -0.1) is 0 Å². The summed E-state index contributed by atoms with van der Waals surface area (Å²) in [5, 5.41) is 14.8. The number of nitrogens with one attached hydrogen (secondary N) is 2. The zero-order valence-electron chi connectivity index (χ0n) is 20.4. The van der Waals surface area contributed by atoms with E-state index in [2.05, 4.69) is 34.9 Å². The Morgan fingerprint density at radius 1 is 0.853 bits per heavy atom. The van der Waals surface area contributed by atoms with Crippen molar-refractivity contribution in [3.8, 4) is 11.1 Å². The van der Waals surface area contributed by atoms with E-state index in [1.807, 2.05) is 38.1 Å². The van der Waals surface area contributed by atoms with Crippen molar-refractivity contribution < 1.29 is 24.2 Å². The largest absolute Gasteiger partial charge is 0.480 e. The zero-order valence-corrected chi connectivity index (χ0v) is 20.4. The number of aliphatic carboxylic acids is 1. The third kappa shape index (κ3) is 5.41. The van der Waals surface area contributed by atoms with Gasteiger partial charge in [0.05, 0.1) is 5.92 Å². The van der Waals surface area contributed by atoms with Gasteiger partial charge >= 0.3 is 12.1 Å². The first kappa shape index (κ1) is 25.3. The SMILES string of the molecule is CC(C)C(NC(=O)C(C(C)C)C(C)NC(=O)OCC1c2ccccc2-c2ccccc21)C(=O)O. The predicted octanol–water partition coefficient (Wildman–Crippen LogP) is 4.41. The number of carbonyl (C=O) groups excluding carboxylic acids is 2. The molecule has 0 saturated carbocycles. The highest BCUT2D eigenvalue weighted by Gasteiger charge is 2.34. The minimum atomic E-state index is -1.08. The molecule has 7 heteroatoms. The molecular formula is C27H34N2O5. The molecular weight excluding hydrogens is 432 g/mol. The molecule has 0 spiro atoms. The highest BCUT2D eigenvalue weighted by molar-refractivity contribution is 5.86. The van der Waals surface area contributed by atoms with Crippen molar-refractivity contribution in [1.82, 2.24) is 10.6 Å². The molecule has 2 aromatic rings. The number of carboxylic acids is 1. The number of alkyl carbamates (subject to hydrolysis) is 1. The Labute approximate surface area is 200 Å². The minimum Gasteiger partial charge on any atom is -0.480 e. The van der Waals surface area contributed by atoms with Crippen LogP contribution in [0, 0.1) is 17.8 Å². The number of hydrogen-bond acceptors (Lipinski definition) is 4. The maximum atomic E-state index is 12.9. The summed E-state index contributed by atoms with van der Waals surface area (Å²) < 4.78 is 5.60. The van der Waals surface area contributed by atoms with E-state index in [4.69, 9.17) is 4.74 Å². The molecule has 0 radical (unpaired) electrons. The van der Waals surface area contributed by atoms with Crippen LogP contribution in [-0.2, 0) is 14.3 Å². The Bertz CT molecular complexity index is 1000. The number of ether oxygens (including phenoxy) is 1. The second kappa shape index (κ2) is 10.7. The smallest absolute Gasteiger partial charge is 0.407 e. The fourth-order valence-electron chi connectivity index (χ4n) is 4.79. The maximum absolute atomic E-state index is 12.9. The molecule has 2 amide bonds. The normalized spacial score (nSPS) is 15.3. The summed E-state index contributed by atoms with van der Waals surface area (Å²) in [7, 11) is 0. The minimum absolute atomic E-state index is 0.0555. The van der Waals surface area contributed by atoms with Gasteiger partial charge in [-0.25, -0.2) is 9.59 Å².